The first-order chi connectivity index (χ1) is 14.7. The summed E-state index contributed by atoms with van der Waals surface area (Å²) >= 11 is 1.19. The van der Waals surface area contributed by atoms with E-state index >= 15 is 0 Å². The molecule has 0 N–H and O–H groups in total. The van der Waals surface area contributed by atoms with Gasteiger partial charge < -0.3 is 19.0 Å². The van der Waals surface area contributed by atoms with Crippen molar-refractivity contribution in [1.29, 1.82) is 0 Å². The number of thioether (sulfide) groups is 1. The summed E-state index contributed by atoms with van der Waals surface area (Å²) in [6.07, 6.45) is 0.290. The van der Waals surface area contributed by atoms with E-state index in [-0.39, 0.29) is 19.1 Å². The van der Waals surface area contributed by atoms with Gasteiger partial charge in [-0.15, -0.1) is 16.8 Å². The lowest BCUT2D eigenvalue weighted by Gasteiger charge is -2.50. The number of carbonyl (C=O) groups excluding carboxylic acids is 3. The molecule has 0 saturated carbocycles. The van der Waals surface area contributed by atoms with Crippen LogP contribution >= 0.6 is 11.8 Å². The maximum Gasteiger partial charge on any atom is 0.528 e. The second-order valence-electron chi connectivity index (χ2n) is 6.44. The van der Waals surface area contributed by atoms with Crippen molar-refractivity contribution in [3.05, 3.63) is 35.8 Å². The van der Waals surface area contributed by atoms with E-state index in [4.69, 9.17) is 23.2 Å². The molecule has 0 spiro atoms. The van der Waals surface area contributed by atoms with E-state index in [1.807, 2.05) is 0 Å². The second-order valence-corrected chi connectivity index (χ2v) is 9.07. The summed E-state index contributed by atoms with van der Waals surface area (Å²) in [5, 5.41) is 1.16. The Balaban J connectivity index is 1.81. The maximum atomic E-state index is 12.8. The van der Waals surface area contributed by atoms with Crippen molar-refractivity contribution in [2.24, 2.45) is 0 Å². The first-order valence-electron chi connectivity index (χ1n) is 8.86. The van der Waals surface area contributed by atoms with E-state index in [0.29, 0.717) is 10.5 Å². The van der Waals surface area contributed by atoms with Crippen LogP contribution in [0, 0.1) is 0 Å². The summed E-state index contributed by atoms with van der Waals surface area (Å²) in [7, 11) is -3.80. The average molecular weight is 476 g/mol. The molecule has 14 heteroatoms. The van der Waals surface area contributed by atoms with Gasteiger partial charge in [0.1, 0.15) is 13.2 Å². The summed E-state index contributed by atoms with van der Waals surface area (Å²) in [6.45, 7) is 6.25. The van der Waals surface area contributed by atoms with Gasteiger partial charge in [-0.05, 0) is 0 Å². The van der Waals surface area contributed by atoms with Crippen molar-refractivity contribution in [2.45, 2.75) is 18.3 Å². The van der Waals surface area contributed by atoms with Gasteiger partial charge in [-0.2, -0.15) is 8.42 Å². The Morgan fingerprint density at radius 3 is 2.42 bits per heavy atom. The fraction of sp³-hybridized carbons (Fsp3) is 0.471. The molecule has 3 aliphatic rings. The summed E-state index contributed by atoms with van der Waals surface area (Å²) in [6, 6.07) is -1.49. The molecule has 3 atom stereocenters. The molecule has 1 unspecified atom stereocenters. The van der Waals surface area contributed by atoms with Crippen LogP contribution in [0.3, 0.4) is 0 Å². The predicted octanol–water partition coefficient (Wildman–Crippen LogP) is 0.735. The Morgan fingerprint density at radius 2 is 1.81 bits per heavy atom. The monoisotopic (exact) mass is 476 g/mol. The minimum atomic E-state index is -3.80. The number of amides is 1. The van der Waals surface area contributed by atoms with Crippen molar-refractivity contribution in [2.75, 3.05) is 32.0 Å². The molecule has 0 aromatic rings. The van der Waals surface area contributed by atoms with Crippen molar-refractivity contribution < 1.29 is 46.0 Å². The van der Waals surface area contributed by atoms with Gasteiger partial charge in [0.25, 0.3) is 10.1 Å². The van der Waals surface area contributed by atoms with Crippen LogP contribution in [0.5, 0.6) is 0 Å². The van der Waals surface area contributed by atoms with E-state index in [0.717, 1.165) is 11.3 Å². The third-order valence-electron chi connectivity index (χ3n) is 4.37. The van der Waals surface area contributed by atoms with Crippen LogP contribution in [0.4, 0.5) is 9.59 Å². The fourth-order valence-corrected chi connectivity index (χ4v) is 4.78. The topological polar surface area (TPSA) is 138 Å². The first-order valence-corrected chi connectivity index (χ1v) is 11.7. The lowest BCUT2D eigenvalue weighted by Crippen LogP contribution is -2.72. The molecule has 12 nitrogen and oxygen atoms in total. The Labute approximate surface area is 182 Å². The molecule has 1 amide bonds. The van der Waals surface area contributed by atoms with E-state index in [2.05, 4.69) is 13.2 Å². The summed E-state index contributed by atoms with van der Waals surface area (Å²) in [5.74, 6) is -0.426. The Morgan fingerprint density at radius 1 is 1.16 bits per heavy atom. The first kappa shape index (κ1) is 23.1. The molecule has 0 radical (unpaired) electrons. The van der Waals surface area contributed by atoms with Crippen molar-refractivity contribution >= 4 is 40.1 Å². The zero-order chi connectivity index (χ0) is 22.8. The zero-order valence-electron chi connectivity index (χ0n) is 16.4. The van der Waals surface area contributed by atoms with Gasteiger partial charge >= 0.3 is 12.3 Å². The van der Waals surface area contributed by atoms with E-state index < -0.39 is 53.3 Å². The highest BCUT2D eigenvalue weighted by molar-refractivity contribution is 8.03. The van der Waals surface area contributed by atoms with Gasteiger partial charge in [-0.25, -0.2) is 9.59 Å². The molecule has 0 aromatic carbocycles. The van der Waals surface area contributed by atoms with Crippen LogP contribution in [0.2, 0.25) is 0 Å². The summed E-state index contributed by atoms with van der Waals surface area (Å²) in [5.41, 5.74) is 0.292. The largest absolute Gasteiger partial charge is 0.528 e. The molecule has 3 aliphatic heterocycles. The smallest absolute Gasteiger partial charge is 0.430 e. The highest BCUT2D eigenvalue weighted by Crippen LogP contribution is 2.50. The van der Waals surface area contributed by atoms with Crippen LogP contribution in [-0.4, -0.2) is 86.9 Å². The zero-order valence-corrected chi connectivity index (χ0v) is 18.1. The minimum absolute atomic E-state index is 0.0607. The molecular weight excluding hydrogens is 456 g/mol. The number of β-lactam (4-membered cyclic amide) rings is 1. The highest BCUT2D eigenvalue weighted by atomic mass is 32.2. The average Bonchev–Trinajstić information content (AvgIpc) is 2.98. The van der Waals surface area contributed by atoms with Crippen LogP contribution in [-0.2, 0) is 38.1 Å². The Hall–Kier alpha value is -2.55. The normalized spacial score (nSPS) is 24.7. The number of rotatable bonds is 9. The third-order valence-corrected chi connectivity index (χ3v) is 6.11. The lowest BCUT2D eigenvalue weighted by molar-refractivity contribution is -0.206. The molecule has 3 rings (SSSR count). The predicted molar refractivity (Wildman–Crippen MR) is 106 cm³/mol. The number of carbonyl (C=O) groups is 3. The molecular formula is C17H20N2O10S2. The molecule has 0 bridgehead atoms. The highest BCUT2D eigenvalue weighted by Gasteiger charge is 2.64. The van der Waals surface area contributed by atoms with Crippen LogP contribution in [0.25, 0.3) is 0 Å². The van der Waals surface area contributed by atoms with Gasteiger partial charge in [0.2, 0.25) is 12.1 Å². The minimum Gasteiger partial charge on any atom is -0.430 e. The number of hydrogen-bond donors (Lipinski definition) is 0. The number of nitrogens with zero attached hydrogens (tertiary/aromatic N) is 2. The van der Waals surface area contributed by atoms with Gasteiger partial charge in [0, 0.05) is 10.5 Å². The number of hydrogen-bond acceptors (Lipinski definition) is 12. The molecule has 0 aliphatic carbocycles. The molecule has 2 fully saturated rings. The lowest BCUT2D eigenvalue weighted by atomic mass is 9.97. The van der Waals surface area contributed by atoms with Crippen molar-refractivity contribution in [3.8, 4) is 0 Å². The Kier molecular flexibility index (Phi) is 6.93. The maximum absolute atomic E-state index is 12.8. The third kappa shape index (κ3) is 4.87. The van der Waals surface area contributed by atoms with Gasteiger partial charge in [-0.3, -0.25) is 13.9 Å². The number of hydroxylamine groups is 2. The van der Waals surface area contributed by atoms with Crippen LogP contribution < -0.4 is 0 Å². The molecule has 2 saturated heterocycles. The van der Waals surface area contributed by atoms with Gasteiger partial charge in [-0.1, -0.05) is 25.3 Å². The number of ether oxygens (including phenoxy) is 3. The molecule has 170 valence electrons. The van der Waals surface area contributed by atoms with Crippen molar-refractivity contribution in [3.63, 3.8) is 0 Å². The van der Waals surface area contributed by atoms with E-state index in [1.165, 1.54) is 28.8 Å². The second kappa shape index (κ2) is 9.30. The van der Waals surface area contributed by atoms with Crippen LogP contribution in [0.1, 0.15) is 0 Å². The van der Waals surface area contributed by atoms with Crippen molar-refractivity contribution in [1.82, 2.24) is 9.96 Å². The van der Waals surface area contributed by atoms with E-state index in [1.54, 1.807) is 0 Å². The van der Waals surface area contributed by atoms with Gasteiger partial charge in [0.05, 0.1) is 24.8 Å². The quantitative estimate of drug-likeness (QED) is 0.201. The van der Waals surface area contributed by atoms with Gasteiger partial charge in [0.15, 0.2) is 6.04 Å². The SMILES string of the molecule is C=CCOC(=O)OC1C(COS(C)(=O)=O)=C2SCN(OC(=O)OCC=C)[C@@H]3C(=O)N1[C@H]23. The summed E-state index contributed by atoms with van der Waals surface area (Å²) in [4.78, 5) is 43.5. The molecule has 3 heterocycles. The van der Waals surface area contributed by atoms with Crippen LogP contribution in [0.15, 0.2) is 35.8 Å². The fourth-order valence-electron chi connectivity index (χ4n) is 3.20. The van der Waals surface area contributed by atoms with E-state index in [9.17, 15) is 22.8 Å². The summed E-state index contributed by atoms with van der Waals surface area (Å²) < 4.78 is 42.7. The standard InChI is InChI=1S/C17H20N2O10S2/c1-4-6-25-16(21)28-15-10(8-27-31(3,23)24)13-11-12(14(20)19(11)15)18(9-30-13)29-17(22)26-7-5-2/h4-5,11-12,15H,1-2,6-9H2,3H3/t11-,12-,15?/m0/s1. The Bertz CT molecular complexity index is 931. The molecule has 31 heavy (non-hydrogen) atoms. The molecule has 0 aromatic heterocycles.